The molecule has 0 spiro atoms. The van der Waals surface area contributed by atoms with Crippen LogP contribution in [0, 0.1) is 0 Å². The minimum Gasteiger partial charge on any atom is -0.480 e. The van der Waals surface area contributed by atoms with Gasteiger partial charge >= 0.3 is 5.97 Å². The van der Waals surface area contributed by atoms with Crippen molar-refractivity contribution in [2.75, 3.05) is 0 Å². The van der Waals surface area contributed by atoms with Crippen molar-refractivity contribution < 1.29 is 14.7 Å². The predicted molar refractivity (Wildman–Crippen MR) is 85.9 cm³/mol. The van der Waals surface area contributed by atoms with Crippen molar-refractivity contribution in [2.45, 2.75) is 49.3 Å². The Morgan fingerprint density at radius 1 is 1.38 bits per heavy atom. The molecule has 0 aliphatic rings. The van der Waals surface area contributed by atoms with Gasteiger partial charge in [0.2, 0.25) is 5.91 Å². The molecule has 0 bridgehead atoms. The van der Waals surface area contributed by atoms with Gasteiger partial charge in [0.1, 0.15) is 5.54 Å². The lowest BCUT2D eigenvalue weighted by Crippen LogP contribution is -2.54. The van der Waals surface area contributed by atoms with Crippen LogP contribution in [0.1, 0.15) is 33.6 Å². The first-order chi connectivity index (χ1) is 9.78. The van der Waals surface area contributed by atoms with Crippen LogP contribution in [0.15, 0.2) is 29.2 Å². The molecule has 6 heteroatoms. The average molecular weight is 330 g/mol. The van der Waals surface area contributed by atoms with E-state index >= 15 is 0 Å². The molecule has 2 unspecified atom stereocenters. The van der Waals surface area contributed by atoms with Crippen LogP contribution in [-0.2, 0) is 9.59 Å². The lowest BCUT2D eigenvalue weighted by Gasteiger charge is -2.27. The molecule has 1 amide bonds. The third-order valence-electron chi connectivity index (χ3n) is 3.12. The van der Waals surface area contributed by atoms with Gasteiger partial charge in [0.15, 0.2) is 0 Å². The Morgan fingerprint density at radius 3 is 2.43 bits per heavy atom. The first kappa shape index (κ1) is 17.9. The van der Waals surface area contributed by atoms with Gasteiger partial charge in [-0.25, -0.2) is 4.79 Å². The number of hydrogen-bond donors (Lipinski definition) is 2. The van der Waals surface area contributed by atoms with Gasteiger partial charge in [0.05, 0.1) is 5.25 Å². The Kier molecular flexibility index (Phi) is 6.55. The molecule has 2 atom stereocenters. The zero-order chi connectivity index (χ0) is 16.0. The summed E-state index contributed by atoms with van der Waals surface area (Å²) >= 11 is 7.18. The molecule has 0 aliphatic heterocycles. The zero-order valence-corrected chi connectivity index (χ0v) is 13.9. The van der Waals surface area contributed by atoms with Crippen LogP contribution in [0.25, 0.3) is 0 Å². The number of halogens is 1. The number of rotatable bonds is 7. The topological polar surface area (TPSA) is 66.4 Å². The average Bonchev–Trinajstić information content (AvgIpc) is 2.41. The lowest BCUT2D eigenvalue weighted by atomic mass is 9.96. The van der Waals surface area contributed by atoms with Crippen molar-refractivity contribution in [3.8, 4) is 0 Å². The number of carboxylic acid groups (broad SMARTS) is 1. The number of carboxylic acids is 1. The Balaban J connectivity index is 2.69. The van der Waals surface area contributed by atoms with Crippen LogP contribution < -0.4 is 5.32 Å². The summed E-state index contributed by atoms with van der Waals surface area (Å²) in [4.78, 5) is 24.4. The Bertz CT molecular complexity index is 506. The summed E-state index contributed by atoms with van der Waals surface area (Å²) in [6, 6.07) is 7.18. The van der Waals surface area contributed by atoms with E-state index < -0.39 is 11.5 Å². The smallest absolute Gasteiger partial charge is 0.329 e. The van der Waals surface area contributed by atoms with Crippen molar-refractivity contribution in [1.82, 2.24) is 5.32 Å². The molecule has 2 N–H and O–H groups in total. The highest BCUT2D eigenvalue weighted by atomic mass is 35.5. The molecule has 1 aromatic carbocycles. The second-order valence-corrected chi connectivity index (χ2v) is 6.94. The van der Waals surface area contributed by atoms with E-state index in [1.165, 1.54) is 18.7 Å². The largest absolute Gasteiger partial charge is 0.480 e. The Morgan fingerprint density at radius 2 is 1.95 bits per heavy atom. The van der Waals surface area contributed by atoms with Gasteiger partial charge < -0.3 is 10.4 Å². The van der Waals surface area contributed by atoms with Gasteiger partial charge in [0, 0.05) is 9.92 Å². The van der Waals surface area contributed by atoms with E-state index in [1.807, 2.05) is 19.1 Å². The minimum absolute atomic E-state index is 0.284. The summed E-state index contributed by atoms with van der Waals surface area (Å²) in [6.07, 6.45) is 1.08. The molecule has 21 heavy (non-hydrogen) atoms. The van der Waals surface area contributed by atoms with Crippen LogP contribution >= 0.6 is 23.4 Å². The standard InChI is InChI=1S/C15H20ClNO3S/c1-4-9-15(3,14(19)20)17-13(18)10(2)21-12-7-5-11(16)6-8-12/h5-8,10H,4,9H2,1-3H3,(H,17,18)(H,19,20). The highest BCUT2D eigenvalue weighted by Gasteiger charge is 2.35. The molecule has 1 aromatic rings. The normalized spacial score (nSPS) is 15.0. The van der Waals surface area contributed by atoms with Crippen molar-refractivity contribution in [3.63, 3.8) is 0 Å². The second-order valence-electron chi connectivity index (χ2n) is 5.09. The fourth-order valence-electron chi connectivity index (χ4n) is 1.87. The summed E-state index contributed by atoms with van der Waals surface area (Å²) in [6.45, 7) is 5.18. The summed E-state index contributed by atoms with van der Waals surface area (Å²) < 4.78 is 0. The third kappa shape index (κ3) is 5.25. The molecule has 0 saturated carbocycles. The lowest BCUT2D eigenvalue weighted by molar-refractivity contribution is -0.147. The van der Waals surface area contributed by atoms with Gasteiger partial charge in [-0.2, -0.15) is 0 Å². The Hall–Kier alpha value is -1.20. The van der Waals surface area contributed by atoms with Crippen LogP contribution in [0.4, 0.5) is 0 Å². The number of carbonyl (C=O) groups excluding carboxylic acids is 1. The number of carbonyl (C=O) groups is 2. The van der Waals surface area contributed by atoms with Crippen LogP contribution in [0.5, 0.6) is 0 Å². The maximum atomic E-state index is 12.2. The molecule has 0 fully saturated rings. The molecule has 0 heterocycles. The highest BCUT2D eigenvalue weighted by molar-refractivity contribution is 8.00. The fourth-order valence-corrected chi connectivity index (χ4v) is 2.86. The fraction of sp³-hybridized carbons (Fsp3) is 0.467. The van der Waals surface area contributed by atoms with E-state index in [4.69, 9.17) is 11.6 Å². The summed E-state index contributed by atoms with van der Waals surface area (Å²) in [5, 5.41) is 12.2. The molecule has 116 valence electrons. The molecular weight excluding hydrogens is 310 g/mol. The number of aliphatic carboxylic acids is 1. The van der Waals surface area contributed by atoms with E-state index in [1.54, 1.807) is 19.1 Å². The van der Waals surface area contributed by atoms with Gasteiger partial charge in [-0.1, -0.05) is 24.9 Å². The Labute approximate surface area is 134 Å². The number of nitrogens with one attached hydrogen (secondary N) is 1. The first-order valence-corrected chi connectivity index (χ1v) is 8.02. The number of amides is 1. The molecule has 0 radical (unpaired) electrons. The number of benzene rings is 1. The number of hydrogen-bond acceptors (Lipinski definition) is 3. The zero-order valence-electron chi connectivity index (χ0n) is 12.4. The summed E-state index contributed by atoms with van der Waals surface area (Å²) in [5.74, 6) is -1.30. The van der Waals surface area contributed by atoms with Crippen LogP contribution in [0.2, 0.25) is 5.02 Å². The molecule has 1 rings (SSSR count). The van der Waals surface area contributed by atoms with Gasteiger partial charge in [-0.15, -0.1) is 11.8 Å². The van der Waals surface area contributed by atoms with E-state index in [2.05, 4.69) is 5.32 Å². The van der Waals surface area contributed by atoms with Gasteiger partial charge in [0.25, 0.3) is 0 Å². The minimum atomic E-state index is -1.22. The predicted octanol–water partition coefficient (Wildman–Crippen LogP) is 3.58. The van der Waals surface area contributed by atoms with E-state index in [0.717, 1.165) is 4.90 Å². The molecule has 0 aromatic heterocycles. The summed E-state index contributed by atoms with van der Waals surface area (Å²) in [7, 11) is 0. The second kappa shape index (κ2) is 7.71. The maximum Gasteiger partial charge on any atom is 0.329 e. The SMILES string of the molecule is CCCC(C)(NC(=O)C(C)Sc1ccc(Cl)cc1)C(=O)O. The van der Waals surface area contributed by atoms with Crippen molar-refractivity contribution in [3.05, 3.63) is 29.3 Å². The molecule has 0 aliphatic carbocycles. The van der Waals surface area contributed by atoms with Crippen molar-refractivity contribution in [2.24, 2.45) is 0 Å². The van der Waals surface area contributed by atoms with E-state index in [9.17, 15) is 14.7 Å². The maximum absolute atomic E-state index is 12.2. The van der Waals surface area contributed by atoms with E-state index in [-0.39, 0.29) is 11.2 Å². The van der Waals surface area contributed by atoms with Crippen molar-refractivity contribution in [1.29, 1.82) is 0 Å². The quantitative estimate of drug-likeness (QED) is 0.750. The van der Waals surface area contributed by atoms with Gasteiger partial charge in [-0.05, 0) is 44.5 Å². The summed E-state index contributed by atoms with van der Waals surface area (Å²) in [5.41, 5.74) is -1.22. The molecular formula is C15H20ClNO3S. The van der Waals surface area contributed by atoms with E-state index in [0.29, 0.717) is 17.9 Å². The van der Waals surface area contributed by atoms with Crippen molar-refractivity contribution >= 4 is 35.2 Å². The highest BCUT2D eigenvalue weighted by Crippen LogP contribution is 2.25. The monoisotopic (exact) mass is 329 g/mol. The number of thioether (sulfide) groups is 1. The first-order valence-electron chi connectivity index (χ1n) is 6.76. The molecule has 0 saturated heterocycles. The van der Waals surface area contributed by atoms with Gasteiger partial charge in [-0.3, -0.25) is 4.79 Å². The molecule has 4 nitrogen and oxygen atoms in total. The van der Waals surface area contributed by atoms with Crippen LogP contribution in [0.3, 0.4) is 0 Å². The van der Waals surface area contributed by atoms with Crippen LogP contribution in [-0.4, -0.2) is 27.8 Å². The third-order valence-corrected chi connectivity index (χ3v) is 4.48.